The van der Waals surface area contributed by atoms with Crippen molar-refractivity contribution >= 4 is 0 Å². The Bertz CT molecular complexity index is 184. The van der Waals surface area contributed by atoms with Crippen LogP contribution in [0.5, 0.6) is 0 Å². The summed E-state index contributed by atoms with van der Waals surface area (Å²) < 4.78 is 0. The van der Waals surface area contributed by atoms with Gasteiger partial charge in [-0.1, -0.05) is 136 Å². The fourth-order valence-corrected chi connectivity index (χ4v) is 3.25. The molecule has 1 atom stereocenters. The molecule has 0 spiro atoms. The van der Waals surface area contributed by atoms with Crippen LogP contribution >= 0.6 is 0 Å². The summed E-state index contributed by atoms with van der Waals surface area (Å²) in [5.74, 6) is 0.947. The van der Waals surface area contributed by atoms with Crippen molar-refractivity contribution in [3.63, 3.8) is 0 Å². The summed E-state index contributed by atoms with van der Waals surface area (Å²) in [4.78, 5) is 0. The second kappa shape index (κ2) is 19.0. The third-order valence-corrected chi connectivity index (χ3v) is 4.89. The van der Waals surface area contributed by atoms with Gasteiger partial charge in [0.05, 0.1) is 0 Å². The molecule has 0 nitrogen and oxygen atoms in total. The highest BCUT2D eigenvalue weighted by Crippen LogP contribution is 2.18. The Morgan fingerprint density at radius 1 is 0.455 bits per heavy atom. The van der Waals surface area contributed by atoms with Crippen molar-refractivity contribution in [2.24, 2.45) is 5.92 Å². The highest BCUT2D eigenvalue weighted by Gasteiger charge is 2.01. The van der Waals surface area contributed by atoms with Crippen molar-refractivity contribution in [3.8, 4) is 0 Å². The minimum Gasteiger partial charge on any atom is -0.0625 e. The van der Waals surface area contributed by atoms with Gasteiger partial charge in [-0.15, -0.1) is 0 Å². The van der Waals surface area contributed by atoms with Gasteiger partial charge in [0.25, 0.3) is 0 Å². The molecule has 0 saturated heterocycles. The fourth-order valence-electron chi connectivity index (χ4n) is 3.25. The van der Waals surface area contributed by atoms with E-state index in [1.165, 1.54) is 103 Å². The second-order valence-electron chi connectivity index (χ2n) is 7.34. The molecular weight excluding hydrogens is 264 g/mol. The highest BCUT2D eigenvalue weighted by atomic mass is 14.1. The van der Waals surface area contributed by atoms with Crippen molar-refractivity contribution in [2.75, 3.05) is 0 Å². The summed E-state index contributed by atoms with van der Waals surface area (Å²) in [7, 11) is 0. The molecule has 0 heteroatoms. The third-order valence-electron chi connectivity index (χ3n) is 4.89. The molecule has 0 heterocycles. The maximum atomic E-state index is 3.91. The first-order valence-corrected chi connectivity index (χ1v) is 10.4. The first kappa shape index (κ1) is 22.0. The van der Waals surface area contributed by atoms with Crippen molar-refractivity contribution in [1.82, 2.24) is 0 Å². The summed E-state index contributed by atoms with van der Waals surface area (Å²) in [5.41, 5.74) is 0. The van der Waals surface area contributed by atoms with Crippen LogP contribution in [0, 0.1) is 19.8 Å². The molecule has 0 aliphatic carbocycles. The summed E-state index contributed by atoms with van der Waals surface area (Å²) in [6.07, 6.45) is 25.1. The molecule has 0 saturated carbocycles. The Morgan fingerprint density at radius 3 is 1.09 bits per heavy atom. The lowest BCUT2D eigenvalue weighted by atomic mass is 9.96. The normalized spacial score (nSPS) is 12.7. The Labute approximate surface area is 142 Å². The van der Waals surface area contributed by atoms with Crippen LogP contribution in [-0.4, -0.2) is 0 Å². The molecule has 0 bridgehead atoms. The van der Waals surface area contributed by atoms with E-state index in [9.17, 15) is 0 Å². The van der Waals surface area contributed by atoms with Crippen molar-refractivity contribution in [1.29, 1.82) is 0 Å². The van der Waals surface area contributed by atoms with Crippen LogP contribution in [0.15, 0.2) is 0 Å². The molecule has 1 unspecified atom stereocenters. The number of hydrogen-bond acceptors (Lipinski definition) is 0. The van der Waals surface area contributed by atoms with Crippen LogP contribution in [0.4, 0.5) is 0 Å². The standard InChI is InChI=1S/C22H44/c1-4-6-8-10-11-12-13-14-15-16-17-19-21-22(3)20-18-9-7-5-2/h22H,1-2,4-21H2,3H3. The molecule has 0 N–H and O–H groups in total. The number of unbranched alkanes of at least 4 members (excludes halogenated alkanes) is 14. The van der Waals surface area contributed by atoms with Gasteiger partial charge in [0.2, 0.25) is 0 Å². The van der Waals surface area contributed by atoms with E-state index in [2.05, 4.69) is 20.8 Å². The Morgan fingerprint density at radius 2 is 0.727 bits per heavy atom. The van der Waals surface area contributed by atoms with Crippen LogP contribution < -0.4 is 0 Å². The zero-order valence-corrected chi connectivity index (χ0v) is 15.7. The maximum absolute atomic E-state index is 3.91. The number of rotatable bonds is 18. The van der Waals surface area contributed by atoms with Crippen LogP contribution in [0.1, 0.15) is 122 Å². The fraction of sp³-hybridized carbons (Fsp3) is 0.909. The van der Waals surface area contributed by atoms with E-state index in [0.717, 1.165) is 18.8 Å². The molecular formula is C22H44. The van der Waals surface area contributed by atoms with Gasteiger partial charge in [0.1, 0.15) is 0 Å². The van der Waals surface area contributed by atoms with Gasteiger partial charge in [-0.2, -0.15) is 0 Å². The quantitative estimate of drug-likeness (QED) is 0.223. The smallest absolute Gasteiger partial charge is 0.0443 e. The lowest BCUT2D eigenvalue weighted by Gasteiger charge is -2.10. The lowest BCUT2D eigenvalue weighted by molar-refractivity contribution is 0.434. The zero-order valence-electron chi connectivity index (χ0n) is 15.7. The number of hydrogen-bond donors (Lipinski definition) is 0. The van der Waals surface area contributed by atoms with E-state index in [1.54, 1.807) is 0 Å². The van der Waals surface area contributed by atoms with E-state index >= 15 is 0 Å². The molecule has 2 radical (unpaired) electrons. The monoisotopic (exact) mass is 308 g/mol. The summed E-state index contributed by atoms with van der Waals surface area (Å²) in [6.45, 7) is 10.3. The van der Waals surface area contributed by atoms with Gasteiger partial charge >= 0.3 is 0 Å². The van der Waals surface area contributed by atoms with E-state index in [4.69, 9.17) is 0 Å². The Balaban J connectivity index is 3.07. The molecule has 0 aromatic rings. The predicted octanol–water partition coefficient (Wildman–Crippen LogP) is 8.31. The van der Waals surface area contributed by atoms with Gasteiger partial charge in [-0.25, -0.2) is 0 Å². The predicted molar refractivity (Wildman–Crippen MR) is 103 cm³/mol. The molecule has 0 aromatic heterocycles. The first-order chi connectivity index (χ1) is 10.8. The average molecular weight is 309 g/mol. The summed E-state index contributed by atoms with van der Waals surface area (Å²) >= 11 is 0. The minimum absolute atomic E-state index is 0.947. The van der Waals surface area contributed by atoms with E-state index in [0.29, 0.717) is 0 Å². The van der Waals surface area contributed by atoms with Gasteiger partial charge in [-0.05, 0) is 5.92 Å². The van der Waals surface area contributed by atoms with E-state index < -0.39 is 0 Å². The minimum atomic E-state index is 0.947. The van der Waals surface area contributed by atoms with Crippen LogP contribution in [-0.2, 0) is 0 Å². The van der Waals surface area contributed by atoms with E-state index in [1.807, 2.05) is 0 Å². The largest absolute Gasteiger partial charge is 0.0625 e. The summed E-state index contributed by atoms with van der Waals surface area (Å²) in [5, 5.41) is 0. The lowest BCUT2D eigenvalue weighted by Crippen LogP contribution is -1.95. The molecule has 22 heavy (non-hydrogen) atoms. The van der Waals surface area contributed by atoms with Gasteiger partial charge in [-0.3, -0.25) is 0 Å². The van der Waals surface area contributed by atoms with Gasteiger partial charge in [0, 0.05) is 0 Å². The topological polar surface area (TPSA) is 0 Å². The highest BCUT2D eigenvalue weighted by molar-refractivity contribution is 4.56. The maximum Gasteiger partial charge on any atom is -0.0443 e. The van der Waals surface area contributed by atoms with Crippen LogP contribution in [0.2, 0.25) is 0 Å². The van der Waals surface area contributed by atoms with Crippen molar-refractivity contribution < 1.29 is 0 Å². The van der Waals surface area contributed by atoms with Gasteiger partial charge in [0.15, 0.2) is 0 Å². The van der Waals surface area contributed by atoms with Crippen LogP contribution in [0.25, 0.3) is 0 Å². The Kier molecular flexibility index (Phi) is 19.0. The molecule has 0 fully saturated rings. The second-order valence-corrected chi connectivity index (χ2v) is 7.34. The molecule has 0 aliphatic rings. The van der Waals surface area contributed by atoms with Crippen LogP contribution in [0.3, 0.4) is 0 Å². The molecule has 0 rings (SSSR count). The van der Waals surface area contributed by atoms with Gasteiger partial charge < -0.3 is 0 Å². The van der Waals surface area contributed by atoms with E-state index in [-0.39, 0.29) is 0 Å². The third kappa shape index (κ3) is 18.1. The molecule has 0 aromatic carbocycles. The van der Waals surface area contributed by atoms with Crippen molar-refractivity contribution in [2.45, 2.75) is 122 Å². The molecule has 132 valence electrons. The molecule has 0 aliphatic heterocycles. The molecule has 0 amide bonds. The SMILES string of the molecule is [CH2]CCCCCCCCCCCCCC(C)CCCCC[CH2]. The average Bonchev–Trinajstić information content (AvgIpc) is 2.52. The van der Waals surface area contributed by atoms with Crippen molar-refractivity contribution in [3.05, 3.63) is 13.8 Å². The Hall–Kier alpha value is 0. The summed E-state index contributed by atoms with van der Waals surface area (Å²) in [6, 6.07) is 0. The first-order valence-electron chi connectivity index (χ1n) is 10.4. The zero-order chi connectivity index (χ0) is 16.3.